The first-order valence-corrected chi connectivity index (χ1v) is 5.88. The van der Waals surface area contributed by atoms with Crippen molar-refractivity contribution in [2.24, 2.45) is 5.73 Å². The van der Waals surface area contributed by atoms with Crippen molar-refractivity contribution in [2.45, 2.75) is 31.3 Å². The first kappa shape index (κ1) is 8.91. The Morgan fingerprint density at radius 2 is 2.43 bits per heavy atom. The Morgan fingerprint density at radius 3 is 3.07 bits per heavy atom. The van der Waals surface area contributed by atoms with Crippen LogP contribution < -0.4 is 11.1 Å². The van der Waals surface area contributed by atoms with Crippen LogP contribution in [0, 0.1) is 3.57 Å². The monoisotopic (exact) mass is 304 g/mol. The molecule has 0 saturated heterocycles. The fourth-order valence-corrected chi connectivity index (χ4v) is 2.08. The molecule has 3 N–H and O–H groups in total. The van der Waals surface area contributed by atoms with Gasteiger partial charge in [0, 0.05) is 21.8 Å². The van der Waals surface area contributed by atoms with Crippen molar-refractivity contribution in [2.75, 3.05) is 5.32 Å². The molecule has 1 heterocycles. The lowest BCUT2D eigenvalue weighted by atomic mass is 10.2. The van der Waals surface area contributed by atoms with E-state index in [-0.39, 0.29) is 0 Å². The van der Waals surface area contributed by atoms with Gasteiger partial charge < -0.3 is 11.1 Å². The molecule has 1 aliphatic rings. The van der Waals surface area contributed by atoms with Gasteiger partial charge in [-0.1, -0.05) is 0 Å². The molecule has 1 saturated carbocycles. The number of aromatic nitrogens is 1. The number of pyridine rings is 1. The van der Waals surface area contributed by atoms with Crippen LogP contribution in [0.5, 0.6) is 0 Å². The summed E-state index contributed by atoms with van der Waals surface area (Å²) in [4.78, 5) is 4.17. The van der Waals surface area contributed by atoms with Crippen molar-refractivity contribution >= 4 is 28.4 Å². The summed E-state index contributed by atoms with van der Waals surface area (Å²) in [5.74, 6) is 0.791. The van der Waals surface area contributed by atoms with Crippen LogP contribution in [0.25, 0.3) is 0 Å². The normalized spacial score (nSPS) is 27.4. The number of nitrogens with two attached hydrogens (primary N) is 1. The summed E-state index contributed by atoms with van der Waals surface area (Å²) >= 11 is 2.11. The Bertz CT molecular complexity index is 359. The van der Waals surface area contributed by atoms with Gasteiger partial charge in [0.1, 0.15) is 5.82 Å². The Balaban J connectivity index is 2.02. The molecular weight excluding hydrogens is 289 g/mol. The van der Waals surface area contributed by atoms with Gasteiger partial charge in [0.25, 0.3) is 0 Å². The highest BCUT2D eigenvalue weighted by Gasteiger charge is 2.21. The van der Waals surface area contributed by atoms with E-state index in [0.717, 1.165) is 28.7 Å². The highest BCUT2D eigenvalue weighted by atomic mass is 127. The SMILES string of the molecule is [2H]c1nc(N[C@H]2CC[C@H](N)C2)ccc1I. The minimum atomic E-state index is 0.321. The third-order valence-electron chi connectivity index (χ3n) is 2.50. The van der Waals surface area contributed by atoms with Crippen molar-refractivity contribution in [1.82, 2.24) is 4.98 Å². The maximum atomic E-state index is 7.59. The third-order valence-corrected chi connectivity index (χ3v) is 3.10. The maximum Gasteiger partial charge on any atom is 0.126 e. The predicted molar refractivity (Wildman–Crippen MR) is 66.2 cm³/mol. The molecule has 0 bridgehead atoms. The average molecular weight is 304 g/mol. The zero-order valence-corrected chi connectivity index (χ0v) is 9.99. The van der Waals surface area contributed by atoms with Crippen molar-refractivity contribution in [1.29, 1.82) is 0 Å². The Kier molecular flexibility index (Phi) is 2.83. The van der Waals surface area contributed by atoms with E-state index in [9.17, 15) is 0 Å². The minimum absolute atomic E-state index is 0.321. The van der Waals surface area contributed by atoms with Crippen LogP contribution in [0.2, 0.25) is 0 Å². The summed E-state index contributed by atoms with van der Waals surface area (Å²) in [6.07, 6.45) is 3.52. The van der Waals surface area contributed by atoms with Crippen LogP contribution in [-0.2, 0) is 0 Å². The van der Waals surface area contributed by atoms with E-state index >= 15 is 0 Å². The quantitative estimate of drug-likeness (QED) is 0.822. The highest BCUT2D eigenvalue weighted by Crippen LogP contribution is 2.20. The molecule has 1 aromatic heterocycles. The summed E-state index contributed by atoms with van der Waals surface area (Å²) in [5, 5.41) is 3.32. The van der Waals surface area contributed by atoms with Crippen LogP contribution in [0.1, 0.15) is 20.6 Å². The number of anilines is 1. The zero-order valence-electron chi connectivity index (χ0n) is 8.83. The van der Waals surface area contributed by atoms with E-state index in [1.165, 1.54) is 0 Å². The highest BCUT2D eigenvalue weighted by molar-refractivity contribution is 14.1. The maximum absolute atomic E-state index is 7.59. The summed E-state index contributed by atoms with van der Waals surface area (Å²) in [6.45, 7) is 0. The standard InChI is InChI=1S/C10H14IN3/c11-7-1-4-10(13-6-7)14-9-3-2-8(12)5-9/h1,4,6,8-9H,2-3,5,12H2,(H,13,14)/t8-,9-/m0/s1/i6D. The predicted octanol–water partition coefficient (Wildman–Crippen LogP) is 1.98. The second kappa shape index (κ2) is 4.44. The summed E-state index contributed by atoms with van der Waals surface area (Å²) in [6, 6.07) is 4.57. The van der Waals surface area contributed by atoms with Gasteiger partial charge in [0.15, 0.2) is 0 Å². The second-order valence-electron chi connectivity index (χ2n) is 3.70. The van der Waals surface area contributed by atoms with Gasteiger partial charge in [0.2, 0.25) is 0 Å². The van der Waals surface area contributed by atoms with Crippen LogP contribution in [-0.4, -0.2) is 17.1 Å². The first-order valence-electron chi connectivity index (χ1n) is 5.30. The molecule has 0 unspecified atom stereocenters. The minimum Gasteiger partial charge on any atom is -0.367 e. The molecule has 2 rings (SSSR count). The zero-order chi connectivity index (χ0) is 10.8. The molecular formula is C10H14IN3. The summed E-state index contributed by atoms with van der Waals surface area (Å²) in [5.41, 5.74) is 5.83. The Morgan fingerprint density at radius 1 is 1.57 bits per heavy atom. The molecule has 3 nitrogen and oxygen atoms in total. The lowest BCUT2D eigenvalue weighted by Gasteiger charge is -2.12. The van der Waals surface area contributed by atoms with Gasteiger partial charge in [0.05, 0.1) is 1.37 Å². The van der Waals surface area contributed by atoms with E-state index in [0.29, 0.717) is 18.3 Å². The van der Waals surface area contributed by atoms with Crippen LogP contribution in [0.4, 0.5) is 5.82 Å². The number of halogens is 1. The molecule has 4 heteroatoms. The van der Waals surface area contributed by atoms with E-state index in [2.05, 4.69) is 32.9 Å². The van der Waals surface area contributed by atoms with Gasteiger partial charge in [-0.05, 0) is 54.0 Å². The van der Waals surface area contributed by atoms with E-state index in [1.54, 1.807) is 0 Å². The van der Waals surface area contributed by atoms with Gasteiger partial charge >= 0.3 is 0 Å². The molecule has 0 aromatic carbocycles. The number of hydrogen-bond acceptors (Lipinski definition) is 3. The van der Waals surface area contributed by atoms with E-state index in [4.69, 9.17) is 7.10 Å². The summed E-state index contributed by atoms with van der Waals surface area (Å²) in [7, 11) is 0. The van der Waals surface area contributed by atoms with Crippen LogP contribution in [0.15, 0.2) is 18.3 Å². The molecule has 0 spiro atoms. The van der Waals surface area contributed by atoms with Crippen LogP contribution in [0.3, 0.4) is 0 Å². The van der Waals surface area contributed by atoms with Crippen molar-refractivity contribution in [3.8, 4) is 0 Å². The lowest BCUT2D eigenvalue weighted by molar-refractivity contribution is 0.686. The molecule has 0 amide bonds. The van der Waals surface area contributed by atoms with Crippen molar-refractivity contribution < 1.29 is 1.37 Å². The molecule has 0 radical (unpaired) electrons. The number of rotatable bonds is 2. The largest absolute Gasteiger partial charge is 0.367 e. The average Bonchev–Trinajstić information content (AvgIpc) is 2.58. The fourth-order valence-electron chi connectivity index (χ4n) is 1.78. The summed E-state index contributed by atoms with van der Waals surface area (Å²) < 4.78 is 8.47. The molecule has 76 valence electrons. The van der Waals surface area contributed by atoms with Gasteiger partial charge in [-0.15, -0.1) is 0 Å². The Labute approximate surface area is 99.0 Å². The molecule has 2 atom stereocenters. The van der Waals surface area contributed by atoms with Gasteiger partial charge in [-0.2, -0.15) is 0 Å². The Hall–Kier alpha value is -0.360. The number of nitrogens with zero attached hydrogens (tertiary/aromatic N) is 1. The van der Waals surface area contributed by atoms with Gasteiger partial charge in [-0.25, -0.2) is 4.98 Å². The third kappa shape index (κ3) is 2.57. The number of nitrogens with one attached hydrogen (secondary N) is 1. The number of hydrogen-bond donors (Lipinski definition) is 2. The molecule has 1 aliphatic carbocycles. The van der Waals surface area contributed by atoms with Crippen LogP contribution >= 0.6 is 22.6 Å². The molecule has 1 fully saturated rings. The molecule has 1 aromatic rings. The smallest absolute Gasteiger partial charge is 0.126 e. The molecule has 14 heavy (non-hydrogen) atoms. The first-order chi connectivity index (χ1) is 7.15. The van der Waals surface area contributed by atoms with Gasteiger partial charge in [-0.3, -0.25) is 0 Å². The second-order valence-corrected chi connectivity index (χ2v) is 4.87. The van der Waals surface area contributed by atoms with Crippen molar-refractivity contribution in [3.63, 3.8) is 0 Å². The van der Waals surface area contributed by atoms with E-state index < -0.39 is 0 Å². The van der Waals surface area contributed by atoms with E-state index in [1.807, 2.05) is 12.1 Å². The lowest BCUT2D eigenvalue weighted by Crippen LogP contribution is -2.21. The fraction of sp³-hybridized carbons (Fsp3) is 0.500. The molecule has 0 aliphatic heterocycles. The topological polar surface area (TPSA) is 50.9 Å². The van der Waals surface area contributed by atoms with Crippen molar-refractivity contribution in [3.05, 3.63) is 21.9 Å².